The molecule has 1 aromatic rings. The van der Waals surface area contributed by atoms with Crippen LogP contribution >= 0.6 is 11.3 Å². The highest BCUT2D eigenvalue weighted by atomic mass is 32.1. The van der Waals surface area contributed by atoms with Crippen LogP contribution in [0.2, 0.25) is 0 Å². The highest BCUT2D eigenvalue weighted by Gasteiger charge is 2.35. The van der Waals surface area contributed by atoms with Crippen molar-refractivity contribution in [2.24, 2.45) is 5.92 Å². The summed E-state index contributed by atoms with van der Waals surface area (Å²) < 4.78 is 0. The van der Waals surface area contributed by atoms with Crippen LogP contribution in [0.15, 0.2) is 17.5 Å². The van der Waals surface area contributed by atoms with Gasteiger partial charge in [0.1, 0.15) is 5.60 Å². The van der Waals surface area contributed by atoms with Gasteiger partial charge in [-0.15, -0.1) is 11.3 Å². The van der Waals surface area contributed by atoms with Crippen molar-refractivity contribution in [1.82, 2.24) is 5.32 Å². The van der Waals surface area contributed by atoms with Gasteiger partial charge in [0.15, 0.2) is 0 Å². The van der Waals surface area contributed by atoms with Crippen LogP contribution in [0.3, 0.4) is 0 Å². The summed E-state index contributed by atoms with van der Waals surface area (Å²) in [6.07, 6.45) is 2.53. The van der Waals surface area contributed by atoms with Gasteiger partial charge in [0.05, 0.1) is 0 Å². The van der Waals surface area contributed by atoms with E-state index in [0.717, 1.165) is 4.88 Å². The van der Waals surface area contributed by atoms with Gasteiger partial charge in [0.25, 0.3) is 0 Å². The van der Waals surface area contributed by atoms with Crippen LogP contribution in [0.4, 0.5) is 0 Å². The van der Waals surface area contributed by atoms with Crippen molar-refractivity contribution in [3.63, 3.8) is 0 Å². The van der Waals surface area contributed by atoms with Crippen LogP contribution in [0.1, 0.15) is 31.6 Å². The SMILES string of the molecule is CC(C)C(O)(CNC1CC1)c1cccs1. The van der Waals surface area contributed by atoms with Gasteiger partial charge in [-0.1, -0.05) is 19.9 Å². The van der Waals surface area contributed by atoms with E-state index in [1.807, 2.05) is 17.5 Å². The third kappa shape index (κ3) is 2.41. The lowest BCUT2D eigenvalue weighted by Crippen LogP contribution is -2.42. The van der Waals surface area contributed by atoms with Crippen molar-refractivity contribution in [2.45, 2.75) is 38.3 Å². The van der Waals surface area contributed by atoms with Crippen molar-refractivity contribution in [3.8, 4) is 0 Å². The highest BCUT2D eigenvalue weighted by Crippen LogP contribution is 2.33. The lowest BCUT2D eigenvalue weighted by molar-refractivity contribution is -0.00608. The third-order valence-electron chi connectivity index (χ3n) is 3.14. The molecule has 0 bridgehead atoms. The first-order valence-electron chi connectivity index (χ1n) is 5.62. The fraction of sp³-hybridized carbons (Fsp3) is 0.667. The van der Waals surface area contributed by atoms with Crippen molar-refractivity contribution >= 4 is 11.3 Å². The molecule has 1 aromatic heterocycles. The van der Waals surface area contributed by atoms with Gasteiger partial charge in [-0.3, -0.25) is 0 Å². The molecule has 1 saturated carbocycles. The van der Waals surface area contributed by atoms with Crippen LogP contribution in [0, 0.1) is 5.92 Å². The first kappa shape index (κ1) is 11.1. The maximum atomic E-state index is 10.7. The van der Waals surface area contributed by atoms with Crippen molar-refractivity contribution in [2.75, 3.05) is 6.54 Å². The van der Waals surface area contributed by atoms with E-state index in [-0.39, 0.29) is 5.92 Å². The zero-order chi connectivity index (χ0) is 10.9. The largest absolute Gasteiger partial charge is 0.383 e. The normalized spacial score (nSPS) is 20.5. The fourth-order valence-electron chi connectivity index (χ4n) is 1.69. The van der Waals surface area contributed by atoms with E-state index >= 15 is 0 Å². The fourth-order valence-corrected chi connectivity index (χ4v) is 2.66. The molecule has 2 rings (SSSR count). The van der Waals surface area contributed by atoms with Crippen LogP contribution in [0.25, 0.3) is 0 Å². The summed E-state index contributed by atoms with van der Waals surface area (Å²) >= 11 is 1.64. The van der Waals surface area contributed by atoms with Crippen molar-refractivity contribution < 1.29 is 5.11 Å². The van der Waals surface area contributed by atoms with Gasteiger partial charge >= 0.3 is 0 Å². The van der Waals surface area contributed by atoms with Gasteiger partial charge < -0.3 is 10.4 Å². The number of hydrogen-bond donors (Lipinski definition) is 2. The molecule has 1 atom stereocenters. The molecule has 1 fully saturated rings. The van der Waals surface area contributed by atoms with E-state index in [1.165, 1.54) is 12.8 Å². The first-order chi connectivity index (χ1) is 7.13. The van der Waals surface area contributed by atoms with E-state index < -0.39 is 5.60 Å². The number of nitrogens with one attached hydrogen (secondary N) is 1. The summed E-state index contributed by atoms with van der Waals surface area (Å²) in [7, 11) is 0. The second-order valence-corrected chi connectivity index (χ2v) is 5.66. The number of thiophene rings is 1. The minimum atomic E-state index is -0.698. The number of hydrogen-bond acceptors (Lipinski definition) is 3. The molecule has 3 heteroatoms. The summed E-state index contributed by atoms with van der Waals surface area (Å²) in [5, 5.41) is 16.1. The Kier molecular flexibility index (Phi) is 3.14. The molecule has 1 aliphatic carbocycles. The second kappa shape index (κ2) is 4.24. The van der Waals surface area contributed by atoms with E-state index in [2.05, 4.69) is 19.2 Å². The minimum Gasteiger partial charge on any atom is -0.383 e. The van der Waals surface area contributed by atoms with Crippen molar-refractivity contribution in [1.29, 1.82) is 0 Å². The molecule has 0 spiro atoms. The van der Waals surface area contributed by atoms with E-state index in [1.54, 1.807) is 11.3 Å². The Morgan fingerprint density at radius 3 is 2.80 bits per heavy atom. The molecule has 2 N–H and O–H groups in total. The van der Waals surface area contributed by atoms with Gasteiger partial charge in [0.2, 0.25) is 0 Å². The number of aliphatic hydroxyl groups is 1. The maximum Gasteiger partial charge on any atom is 0.113 e. The summed E-state index contributed by atoms with van der Waals surface area (Å²) in [5.41, 5.74) is -0.698. The molecule has 15 heavy (non-hydrogen) atoms. The Morgan fingerprint density at radius 2 is 2.33 bits per heavy atom. The molecule has 0 aliphatic heterocycles. The summed E-state index contributed by atoms with van der Waals surface area (Å²) in [6, 6.07) is 4.68. The smallest absolute Gasteiger partial charge is 0.113 e. The van der Waals surface area contributed by atoms with Crippen LogP contribution in [-0.2, 0) is 5.60 Å². The molecule has 84 valence electrons. The molecular weight excluding hydrogens is 206 g/mol. The first-order valence-corrected chi connectivity index (χ1v) is 6.50. The van der Waals surface area contributed by atoms with Crippen LogP contribution < -0.4 is 5.32 Å². The summed E-state index contributed by atoms with van der Waals surface area (Å²) in [4.78, 5) is 1.07. The molecule has 1 heterocycles. The molecule has 0 saturated heterocycles. The topological polar surface area (TPSA) is 32.3 Å². The Morgan fingerprint density at radius 1 is 1.60 bits per heavy atom. The summed E-state index contributed by atoms with van der Waals surface area (Å²) in [6.45, 7) is 4.83. The zero-order valence-electron chi connectivity index (χ0n) is 9.36. The number of rotatable bonds is 5. The van der Waals surface area contributed by atoms with Crippen LogP contribution in [0.5, 0.6) is 0 Å². The molecular formula is C12H19NOS. The van der Waals surface area contributed by atoms with Gasteiger partial charge in [0, 0.05) is 17.5 Å². The Bertz CT molecular complexity index is 305. The predicted molar refractivity (Wildman–Crippen MR) is 64.1 cm³/mol. The standard InChI is InChI=1S/C12H19NOS/c1-9(2)12(14,8-13-10-5-6-10)11-4-3-7-15-11/h3-4,7,9-10,13-14H,5-6,8H2,1-2H3. The second-order valence-electron chi connectivity index (χ2n) is 4.71. The maximum absolute atomic E-state index is 10.7. The predicted octanol–water partition coefficient (Wildman–Crippen LogP) is 2.34. The van der Waals surface area contributed by atoms with Crippen molar-refractivity contribution in [3.05, 3.63) is 22.4 Å². The molecule has 0 amide bonds. The van der Waals surface area contributed by atoms with Gasteiger partial charge in [-0.05, 0) is 30.2 Å². The Hall–Kier alpha value is -0.380. The lowest BCUT2D eigenvalue weighted by atomic mass is 9.88. The van der Waals surface area contributed by atoms with Crippen LogP contribution in [-0.4, -0.2) is 17.7 Å². The molecule has 0 aromatic carbocycles. The Labute approximate surface area is 95.3 Å². The molecule has 2 nitrogen and oxygen atoms in total. The molecule has 0 radical (unpaired) electrons. The highest BCUT2D eigenvalue weighted by molar-refractivity contribution is 7.10. The lowest BCUT2D eigenvalue weighted by Gasteiger charge is -2.31. The average molecular weight is 225 g/mol. The molecule has 1 aliphatic rings. The van der Waals surface area contributed by atoms with Gasteiger partial charge in [-0.25, -0.2) is 0 Å². The summed E-state index contributed by atoms with van der Waals surface area (Å²) in [5.74, 6) is 0.238. The molecule has 1 unspecified atom stereocenters. The zero-order valence-corrected chi connectivity index (χ0v) is 10.2. The average Bonchev–Trinajstić information content (AvgIpc) is 2.86. The van der Waals surface area contributed by atoms with Gasteiger partial charge in [-0.2, -0.15) is 0 Å². The van der Waals surface area contributed by atoms with E-state index in [4.69, 9.17) is 0 Å². The monoisotopic (exact) mass is 225 g/mol. The van der Waals surface area contributed by atoms with E-state index in [9.17, 15) is 5.11 Å². The van der Waals surface area contributed by atoms with E-state index in [0.29, 0.717) is 12.6 Å². The minimum absolute atomic E-state index is 0.238. The third-order valence-corrected chi connectivity index (χ3v) is 4.18. The quantitative estimate of drug-likeness (QED) is 0.806. The Balaban J connectivity index is 2.08.